The first-order valence-corrected chi connectivity index (χ1v) is 12.3. The largest absolute Gasteiger partial charge is 0.479 e. The van der Waals surface area contributed by atoms with Gasteiger partial charge in [-0.05, 0) is 81.0 Å². The Hall–Kier alpha value is -1.06. The molecular weight excluding hydrogens is 416 g/mol. The van der Waals surface area contributed by atoms with E-state index in [2.05, 4.69) is 6.92 Å². The summed E-state index contributed by atoms with van der Waals surface area (Å²) in [6.07, 6.45) is 0.950. The number of ether oxygens (including phenoxy) is 2. The molecule has 4 aliphatic carbocycles. The number of ketones is 1. The molecule has 1 saturated heterocycles. The van der Waals surface area contributed by atoms with Crippen LogP contribution in [0.5, 0.6) is 0 Å². The molecule has 4 N–H and O–H groups in total. The summed E-state index contributed by atoms with van der Waals surface area (Å²) in [5, 5.41) is 39.4. The van der Waals surface area contributed by atoms with Gasteiger partial charge in [0, 0.05) is 11.8 Å². The molecule has 1 heterocycles. The van der Waals surface area contributed by atoms with E-state index in [0.29, 0.717) is 35.4 Å². The van der Waals surface area contributed by atoms with Gasteiger partial charge in [0.1, 0.15) is 24.1 Å². The van der Waals surface area contributed by atoms with Gasteiger partial charge >= 0.3 is 5.97 Å². The molecule has 1 aliphatic heterocycles. The molecule has 0 aromatic heterocycles. The third-order valence-corrected chi connectivity index (χ3v) is 9.75. The number of carboxylic acids is 1. The number of Topliss-reactive ketones (excluding diaryl/α,β-unsaturated/α-hetero) is 1. The Morgan fingerprint density at radius 3 is 2.47 bits per heavy atom. The average molecular weight is 453 g/mol. The molecule has 0 amide bonds. The fourth-order valence-corrected chi connectivity index (χ4v) is 8.06. The molecular formula is C24H36O8. The normalized spacial score (nSPS) is 53.2. The summed E-state index contributed by atoms with van der Waals surface area (Å²) in [5.74, 6) is 2.08. The number of aliphatic hydroxyl groups excluding tert-OH is 3. The van der Waals surface area contributed by atoms with Gasteiger partial charge in [-0.1, -0.05) is 6.92 Å². The lowest BCUT2D eigenvalue weighted by Gasteiger charge is -2.55. The topological polar surface area (TPSA) is 134 Å². The van der Waals surface area contributed by atoms with Gasteiger partial charge < -0.3 is 29.9 Å². The predicted molar refractivity (Wildman–Crippen MR) is 111 cm³/mol. The minimum atomic E-state index is -1.70. The van der Waals surface area contributed by atoms with Crippen LogP contribution in [0.15, 0.2) is 0 Å². The Morgan fingerprint density at radius 1 is 0.969 bits per heavy atom. The van der Waals surface area contributed by atoms with Crippen LogP contribution in [0, 0.1) is 35.0 Å². The van der Waals surface area contributed by atoms with E-state index in [9.17, 15) is 30.0 Å². The molecule has 32 heavy (non-hydrogen) atoms. The van der Waals surface area contributed by atoms with Gasteiger partial charge in [-0.2, -0.15) is 0 Å². The van der Waals surface area contributed by atoms with Crippen molar-refractivity contribution in [2.45, 2.75) is 102 Å². The van der Waals surface area contributed by atoms with E-state index < -0.39 is 36.7 Å². The zero-order chi connectivity index (χ0) is 22.8. The van der Waals surface area contributed by atoms with Gasteiger partial charge in [-0.25, -0.2) is 4.79 Å². The van der Waals surface area contributed by atoms with Gasteiger partial charge in [0.05, 0.1) is 6.10 Å². The highest BCUT2D eigenvalue weighted by Crippen LogP contribution is 2.61. The maximum atomic E-state index is 12.5. The zero-order valence-corrected chi connectivity index (χ0v) is 18.6. The fraction of sp³-hybridized carbons (Fsp3) is 0.917. The first kappa shape index (κ1) is 22.7. The number of hydrogen-bond acceptors (Lipinski definition) is 7. The lowest BCUT2D eigenvalue weighted by molar-refractivity contribution is -0.308. The molecule has 0 radical (unpaired) electrons. The number of fused-ring (bicyclic) bond motifs is 5. The van der Waals surface area contributed by atoms with Crippen LogP contribution in [0.4, 0.5) is 0 Å². The van der Waals surface area contributed by atoms with Gasteiger partial charge in [0.25, 0.3) is 0 Å². The first-order valence-electron chi connectivity index (χ1n) is 12.3. The van der Waals surface area contributed by atoms with E-state index in [1.807, 2.05) is 0 Å². The molecule has 0 aromatic carbocycles. The first-order chi connectivity index (χ1) is 15.2. The molecule has 0 bridgehead atoms. The molecule has 5 aliphatic rings. The summed E-state index contributed by atoms with van der Waals surface area (Å²) in [4.78, 5) is 23.9. The van der Waals surface area contributed by atoms with E-state index >= 15 is 0 Å². The van der Waals surface area contributed by atoms with E-state index in [-0.39, 0.29) is 11.5 Å². The maximum absolute atomic E-state index is 12.5. The fourth-order valence-electron chi connectivity index (χ4n) is 8.06. The summed E-state index contributed by atoms with van der Waals surface area (Å²) >= 11 is 0. The van der Waals surface area contributed by atoms with Crippen LogP contribution in [-0.4, -0.2) is 69.0 Å². The van der Waals surface area contributed by atoms with Crippen LogP contribution in [0.2, 0.25) is 0 Å². The van der Waals surface area contributed by atoms with Crippen molar-refractivity contribution >= 4 is 11.8 Å². The Kier molecular flexibility index (Phi) is 5.90. The molecule has 180 valence electrons. The molecule has 0 aromatic rings. The van der Waals surface area contributed by atoms with Crippen LogP contribution in [0.3, 0.4) is 0 Å². The smallest absolute Gasteiger partial charge is 0.335 e. The third kappa shape index (κ3) is 3.54. The van der Waals surface area contributed by atoms with Gasteiger partial charge in [-0.3, -0.25) is 4.79 Å². The molecule has 0 spiro atoms. The van der Waals surface area contributed by atoms with Gasteiger partial charge in [0.15, 0.2) is 12.4 Å². The van der Waals surface area contributed by atoms with Crippen LogP contribution in [-0.2, 0) is 19.1 Å². The SMILES string of the molecule is CC12CCC3C4CCC(OC5OC(C(=O)O)C(O)C(O)C5O)CC4CCC3C1CCC2=O. The van der Waals surface area contributed by atoms with Crippen LogP contribution < -0.4 is 0 Å². The zero-order valence-electron chi connectivity index (χ0n) is 18.6. The number of carbonyl (C=O) groups is 2. The van der Waals surface area contributed by atoms with Crippen molar-refractivity contribution < 1.29 is 39.5 Å². The summed E-state index contributed by atoms with van der Waals surface area (Å²) < 4.78 is 11.3. The van der Waals surface area contributed by atoms with E-state index in [1.165, 1.54) is 0 Å². The lowest BCUT2D eigenvalue weighted by atomic mass is 9.50. The van der Waals surface area contributed by atoms with E-state index in [1.54, 1.807) is 0 Å². The molecule has 8 heteroatoms. The highest BCUT2D eigenvalue weighted by Gasteiger charge is 2.57. The highest BCUT2D eigenvalue weighted by molar-refractivity contribution is 5.87. The van der Waals surface area contributed by atoms with Crippen molar-refractivity contribution in [2.75, 3.05) is 0 Å². The van der Waals surface area contributed by atoms with Crippen LogP contribution in [0.1, 0.15) is 64.7 Å². The molecule has 5 rings (SSSR count). The Labute approximate surface area is 188 Å². The maximum Gasteiger partial charge on any atom is 0.335 e. The summed E-state index contributed by atoms with van der Waals surface area (Å²) in [5.41, 5.74) is -0.102. The Morgan fingerprint density at radius 2 is 1.72 bits per heavy atom. The minimum absolute atomic E-state index is 0.102. The molecule has 12 unspecified atom stereocenters. The number of hydrogen-bond donors (Lipinski definition) is 4. The van der Waals surface area contributed by atoms with Crippen molar-refractivity contribution in [2.24, 2.45) is 35.0 Å². The Bertz CT molecular complexity index is 756. The van der Waals surface area contributed by atoms with Crippen molar-refractivity contribution in [3.8, 4) is 0 Å². The summed E-state index contributed by atoms with van der Waals surface area (Å²) in [7, 11) is 0. The second-order valence-corrected chi connectivity index (χ2v) is 11.2. The molecule has 5 fully saturated rings. The number of rotatable bonds is 3. The summed E-state index contributed by atoms with van der Waals surface area (Å²) in [6, 6.07) is 0. The minimum Gasteiger partial charge on any atom is -0.479 e. The van der Waals surface area contributed by atoms with Crippen LogP contribution >= 0.6 is 0 Å². The molecule has 12 atom stereocenters. The van der Waals surface area contributed by atoms with Crippen molar-refractivity contribution in [1.82, 2.24) is 0 Å². The van der Waals surface area contributed by atoms with Gasteiger partial charge in [0.2, 0.25) is 0 Å². The average Bonchev–Trinajstić information content (AvgIpc) is 3.08. The van der Waals surface area contributed by atoms with E-state index in [4.69, 9.17) is 9.47 Å². The second kappa shape index (κ2) is 8.31. The highest BCUT2D eigenvalue weighted by atomic mass is 16.7. The number of carboxylic acid groups (broad SMARTS) is 1. The van der Waals surface area contributed by atoms with Crippen molar-refractivity contribution in [1.29, 1.82) is 0 Å². The van der Waals surface area contributed by atoms with Crippen molar-refractivity contribution in [3.05, 3.63) is 0 Å². The summed E-state index contributed by atoms with van der Waals surface area (Å²) in [6.45, 7) is 2.20. The van der Waals surface area contributed by atoms with E-state index in [0.717, 1.165) is 57.8 Å². The molecule has 4 saturated carbocycles. The molecule has 8 nitrogen and oxygen atoms in total. The van der Waals surface area contributed by atoms with Crippen molar-refractivity contribution in [3.63, 3.8) is 0 Å². The standard InChI is InChI=1S/C24H36O8/c1-24-9-8-14-13-5-3-12(10-11(13)2-4-15(14)16(24)6-7-17(24)25)31-23-20(28)18(26)19(27)21(32-23)22(29)30/h11-16,18-21,23,26-28H,2-10H2,1H3,(H,29,30). The lowest BCUT2D eigenvalue weighted by Crippen LogP contribution is -2.61. The Balaban J connectivity index is 1.22. The third-order valence-electron chi connectivity index (χ3n) is 9.75. The number of aliphatic carboxylic acids is 1. The van der Waals surface area contributed by atoms with Gasteiger partial charge in [-0.15, -0.1) is 0 Å². The number of aliphatic hydroxyl groups is 3. The number of carbonyl (C=O) groups excluding carboxylic acids is 1. The predicted octanol–water partition coefficient (Wildman–Crippen LogP) is 1.49. The monoisotopic (exact) mass is 452 g/mol. The second-order valence-electron chi connectivity index (χ2n) is 11.2. The van der Waals surface area contributed by atoms with Crippen LogP contribution in [0.25, 0.3) is 0 Å². The quantitative estimate of drug-likeness (QED) is 0.473.